The molecule has 2 saturated carbocycles. The molecule has 1 aromatic rings. The van der Waals surface area contributed by atoms with Gasteiger partial charge in [-0.3, -0.25) is 9.59 Å². The molecule has 0 spiro atoms. The number of unbranched alkanes of at least 4 members (excludes halogenated alkanes) is 1. The molecule has 5 rings (SSSR count). The number of ketones is 1. The molecule has 62 heavy (non-hydrogen) atoms. The Hall–Kier alpha value is -2.69. The predicted molar refractivity (Wildman–Crippen MR) is 219 cm³/mol. The van der Waals surface area contributed by atoms with Gasteiger partial charge in [0.25, 0.3) is 0 Å². The summed E-state index contributed by atoms with van der Waals surface area (Å²) in [5.41, 5.74) is 0.940. The van der Waals surface area contributed by atoms with Gasteiger partial charge < -0.3 is 64.4 Å². The lowest BCUT2D eigenvalue weighted by atomic mass is 9.74. The van der Waals surface area contributed by atoms with Crippen molar-refractivity contribution in [2.24, 2.45) is 17.8 Å². The maximum atomic E-state index is 13.9. The van der Waals surface area contributed by atoms with Crippen LogP contribution >= 0.6 is 0 Å². The molecule has 19 heteroatoms. The minimum Gasteiger partial charge on any atom is -0.479 e. The zero-order valence-corrected chi connectivity index (χ0v) is 36.7. The topological polar surface area (TPSA) is 271 Å². The van der Waals surface area contributed by atoms with Gasteiger partial charge in [0, 0.05) is 32.1 Å². The molecule has 0 aromatic carbocycles. The molecule has 2 aliphatic carbocycles. The molecule has 6 unspecified atom stereocenters. The number of nitrogens with zero attached hydrogens (tertiary/aromatic N) is 3. The quantitative estimate of drug-likeness (QED) is 0.0766. The van der Waals surface area contributed by atoms with Gasteiger partial charge in [0.05, 0.1) is 43.8 Å². The number of aryl methyl sites for hydroxylation is 1. The van der Waals surface area contributed by atoms with E-state index in [2.05, 4.69) is 22.6 Å². The molecule has 4 aliphatic rings. The van der Waals surface area contributed by atoms with Crippen LogP contribution in [0.3, 0.4) is 0 Å². The van der Waals surface area contributed by atoms with Crippen LogP contribution in [0.5, 0.6) is 0 Å². The van der Waals surface area contributed by atoms with Crippen molar-refractivity contribution in [3.8, 4) is 0 Å². The van der Waals surface area contributed by atoms with Gasteiger partial charge in [0.2, 0.25) is 5.91 Å². The van der Waals surface area contributed by atoms with Crippen molar-refractivity contribution in [2.45, 2.75) is 204 Å². The Morgan fingerprint density at radius 2 is 1.69 bits per heavy atom. The van der Waals surface area contributed by atoms with E-state index < -0.39 is 104 Å². The number of nitrogens with one attached hydrogen (secondary N) is 1. The van der Waals surface area contributed by atoms with E-state index in [1.807, 2.05) is 13.1 Å². The zero-order chi connectivity index (χ0) is 44.9. The van der Waals surface area contributed by atoms with Crippen molar-refractivity contribution in [1.29, 1.82) is 0 Å². The van der Waals surface area contributed by atoms with Crippen molar-refractivity contribution in [1.82, 2.24) is 20.3 Å². The second-order valence-corrected chi connectivity index (χ2v) is 17.7. The van der Waals surface area contributed by atoms with E-state index in [-0.39, 0.29) is 36.9 Å². The molecule has 2 aliphatic heterocycles. The summed E-state index contributed by atoms with van der Waals surface area (Å²) < 4.78 is 38.9. The second kappa shape index (κ2) is 24.6. The first-order chi connectivity index (χ1) is 29.7. The highest BCUT2D eigenvalue weighted by molar-refractivity contribution is 5.81. The number of carboxylic acids is 1. The summed E-state index contributed by atoms with van der Waals surface area (Å²) in [7, 11) is 0. The number of carbonyl (C=O) groups is 3. The summed E-state index contributed by atoms with van der Waals surface area (Å²) in [6.07, 6.45) is -4.34. The van der Waals surface area contributed by atoms with E-state index in [0.717, 1.165) is 57.1 Å². The highest BCUT2D eigenvalue weighted by Gasteiger charge is 2.52. The van der Waals surface area contributed by atoms with Crippen molar-refractivity contribution in [3.05, 3.63) is 11.9 Å². The van der Waals surface area contributed by atoms with Crippen LogP contribution in [0.2, 0.25) is 0 Å². The van der Waals surface area contributed by atoms with Crippen molar-refractivity contribution >= 4 is 17.7 Å². The summed E-state index contributed by atoms with van der Waals surface area (Å²) in [4.78, 5) is 39.3. The smallest absolute Gasteiger partial charge is 0.332 e. The fourth-order valence-electron chi connectivity index (χ4n) is 9.36. The highest BCUT2D eigenvalue weighted by atomic mass is 16.7. The summed E-state index contributed by atoms with van der Waals surface area (Å²) in [5, 5.41) is 75.2. The highest BCUT2D eigenvalue weighted by Crippen LogP contribution is 2.40. The molecule has 7 N–H and O–H groups in total. The number of rotatable bonds is 23. The van der Waals surface area contributed by atoms with Gasteiger partial charge in [-0.25, -0.2) is 9.48 Å². The van der Waals surface area contributed by atoms with Crippen LogP contribution in [0.4, 0.5) is 0 Å². The fourth-order valence-corrected chi connectivity index (χ4v) is 9.36. The third-order valence-corrected chi connectivity index (χ3v) is 13.0. The number of hydrogen-bond acceptors (Lipinski definition) is 16. The monoisotopic (exact) mass is 884 g/mol. The predicted octanol–water partition coefficient (Wildman–Crippen LogP) is 1.41. The molecule has 1 amide bonds. The number of aliphatic hydroxyl groups is 5. The molecule has 0 radical (unpaired) electrons. The standard InChI is InChI=1S/C43H72N4O15/c1-5-7-14-29-22-47(46-45-29)16-18-57-17-11-15-30(50)28-20-27(6-2)39(62-43-38(54)37(53)35(51)24(3)58-43)31(21-28)60-42-34(44-25(4)49)40(36(52)33(23-48)61-42)59-32(41(55)56)19-26-12-9-8-10-13-26/h22,24,26-28,31-40,42-43,48,51-54H,5-21,23H2,1-4H3,(H,44,49)(H,55,56)/t24?,27?,28?,31-,32+,33+,34?,35-,36+,37+,38?,39-,40?,42-,43+/m1/s1. The van der Waals surface area contributed by atoms with E-state index in [1.54, 1.807) is 4.68 Å². The fraction of sp³-hybridized carbons (Fsp3) is 0.884. The largest absolute Gasteiger partial charge is 0.479 e. The average molecular weight is 885 g/mol. The molecular weight excluding hydrogens is 812 g/mol. The number of ether oxygens (including phenoxy) is 6. The molecular formula is C43H72N4O15. The molecule has 354 valence electrons. The zero-order valence-electron chi connectivity index (χ0n) is 36.7. The van der Waals surface area contributed by atoms with Crippen molar-refractivity contribution < 1.29 is 73.4 Å². The molecule has 2 saturated heterocycles. The Kier molecular flexibility index (Phi) is 19.9. The first kappa shape index (κ1) is 50.3. The van der Waals surface area contributed by atoms with E-state index in [4.69, 9.17) is 28.4 Å². The van der Waals surface area contributed by atoms with E-state index in [9.17, 15) is 45.0 Å². The molecule has 19 nitrogen and oxygen atoms in total. The lowest BCUT2D eigenvalue weighted by Gasteiger charge is -2.49. The number of aliphatic hydroxyl groups excluding tert-OH is 5. The number of amides is 1. The number of hydrogen-bond donors (Lipinski definition) is 7. The van der Waals surface area contributed by atoms with Gasteiger partial charge in [-0.2, -0.15) is 0 Å². The number of carboxylic acid groups (broad SMARTS) is 1. The molecule has 0 bridgehead atoms. The van der Waals surface area contributed by atoms with Gasteiger partial charge in [0.1, 0.15) is 48.4 Å². The van der Waals surface area contributed by atoms with Crippen molar-refractivity contribution in [3.63, 3.8) is 0 Å². The average Bonchev–Trinajstić information content (AvgIpc) is 3.71. The summed E-state index contributed by atoms with van der Waals surface area (Å²) >= 11 is 0. The summed E-state index contributed by atoms with van der Waals surface area (Å²) in [5.74, 6) is -2.60. The lowest BCUT2D eigenvalue weighted by Crippen LogP contribution is -2.67. The van der Waals surface area contributed by atoms with Gasteiger partial charge in [-0.05, 0) is 57.3 Å². The number of aliphatic carboxylic acids is 1. The Bertz CT molecular complexity index is 1530. The van der Waals surface area contributed by atoms with Crippen LogP contribution in [0.25, 0.3) is 0 Å². The minimum absolute atomic E-state index is 0.0306. The van der Waals surface area contributed by atoms with Crippen LogP contribution in [-0.4, -0.2) is 163 Å². The maximum absolute atomic E-state index is 13.9. The Morgan fingerprint density at radius 3 is 2.37 bits per heavy atom. The van der Waals surface area contributed by atoms with E-state index in [0.29, 0.717) is 39.0 Å². The Morgan fingerprint density at radius 1 is 0.935 bits per heavy atom. The SMILES string of the molecule is CCCCc1cn(CCOCCCC(=O)C2CC(CC)[C@@H](O[C@@H]3OC(C)[C@@H](O)[C@H](O)C3O)[C@H](O[C@@H]3O[C@@H](CO)[C@H](O)C(O[C@@H](CC4CCCCC4)C(=O)O)C3NC(C)=O)C2)nn1. The van der Waals surface area contributed by atoms with E-state index >= 15 is 0 Å². The van der Waals surface area contributed by atoms with E-state index in [1.165, 1.54) is 13.8 Å². The third kappa shape index (κ3) is 13.7. The molecule has 1 aromatic heterocycles. The second-order valence-electron chi connectivity index (χ2n) is 17.7. The molecule has 4 fully saturated rings. The first-order valence-electron chi connectivity index (χ1n) is 22.8. The van der Waals surface area contributed by atoms with Crippen LogP contribution in [-0.2, 0) is 55.8 Å². The molecule has 3 heterocycles. The van der Waals surface area contributed by atoms with Gasteiger partial charge in [-0.1, -0.05) is 64.0 Å². The van der Waals surface area contributed by atoms with Gasteiger partial charge in [-0.15, -0.1) is 5.10 Å². The number of carbonyl (C=O) groups excluding carboxylic acids is 2. The first-order valence-corrected chi connectivity index (χ1v) is 22.8. The van der Waals surface area contributed by atoms with Crippen LogP contribution < -0.4 is 5.32 Å². The minimum atomic E-state index is -1.63. The van der Waals surface area contributed by atoms with Crippen LogP contribution in [0.1, 0.15) is 117 Å². The van der Waals surface area contributed by atoms with Crippen LogP contribution in [0, 0.1) is 17.8 Å². The van der Waals surface area contributed by atoms with Gasteiger partial charge in [0.15, 0.2) is 18.7 Å². The maximum Gasteiger partial charge on any atom is 0.332 e. The Balaban J connectivity index is 1.33. The third-order valence-electron chi connectivity index (χ3n) is 13.0. The number of aromatic nitrogens is 3. The normalized spacial score (nSPS) is 35.0. The lowest BCUT2D eigenvalue weighted by molar-refractivity contribution is -0.338. The molecule has 15 atom stereocenters. The number of Topliss-reactive ketones (excluding diaryl/α,β-unsaturated/α-hetero) is 1. The van der Waals surface area contributed by atoms with Crippen LogP contribution in [0.15, 0.2) is 6.20 Å². The summed E-state index contributed by atoms with van der Waals surface area (Å²) in [6.45, 7) is 7.40. The van der Waals surface area contributed by atoms with Gasteiger partial charge >= 0.3 is 5.97 Å². The van der Waals surface area contributed by atoms with Crippen molar-refractivity contribution in [2.75, 3.05) is 19.8 Å². The Labute approximate surface area is 364 Å². The summed E-state index contributed by atoms with van der Waals surface area (Å²) in [6, 6.07) is -1.28.